The second-order valence-corrected chi connectivity index (χ2v) is 7.49. The van der Waals surface area contributed by atoms with Gasteiger partial charge >= 0.3 is 0 Å². The second kappa shape index (κ2) is 6.23. The van der Waals surface area contributed by atoms with Gasteiger partial charge in [-0.05, 0) is 43.9 Å². The van der Waals surface area contributed by atoms with Crippen LogP contribution < -0.4 is 0 Å². The first-order chi connectivity index (χ1) is 10.2. The Kier molecular flexibility index (Phi) is 4.73. The first-order valence-corrected chi connectivity index (χ1v) is 8.15. The van der Waals surface area contributed by atoms with Gasteiger partial charge in [-0.15, -0.1) is 5.10 Å². The van der Waals surface area contributed by atoms with Crippen molar-refractivity contribution in [1.29, 1.82) is 0 Å². The Labute approximate surface area is 132 Å². The van der Waals surface area contributed by atoms with Crippen LogP contribution in [-0.2, 0) is 12.8 Å². The van der Waals surface area contributed by atoms with Crippen LogP contribution in [0, 0.1) is 18.3 Å². The molecule has 2 rings (SSSR count). The van der Waals surface area contributed by atoms with Crippen LogP contribution in [0.3, 0.4) is 0 Å². The average molecular weight is 304 g/mol. The standard InChI is InChI=1S/C17H28N4O/c1-7-14-13(9-8-11(2)10-17(4,5)6)15(22)21-16(19-14)18-12(3)20-21/h11,22H,7-10H2,1-6H3. The van der Waals surface area contributed by atoms with Gasteiger partial charge in [0.15, 0.2) is 0 Å². The summed E-state index contributed by atoms with van der Waals surface area (Å²) in [5.41, 5.74) is 2.18. The van der Waals surface area contributed by atoms with Gasteiger partial charge in [0.05, 0.1) is 5.69 Å². The Morgan fingerprint density at radius 1 is 1.23 bits per heavy atom. The van der Waals surface area contributed by atoms with Crippen molar-refractivity contribution in [3.8, 4) is 5.88 Å². The number of aromatic nitrogens is 4. The van der Waals surface area contributed by atoms with E-state index in [1.165, 1.54) is 10.9 Å². The topological polar surface area (TPSA) is 63.3 Å². The molecule has 1 atom stereocenters. The summed E-state index contributed by atoms with van der Waals surface area (Å²) in [6, 6.07) is 0. The molecule has 2 aromatic rings. The highest BCUT2D eigenvalue weighted by Crippen LogP contribution is 2.29. The predicted octanol–water partition coefficient (Wildman–Crippen LogP) is 3.71. The van der Waals surface area contributed by atoms with Crippen LogP contribution in [0.4, 0.5) is 0 Å². The summed E-state index contributed by atoms with van der Waals surface area (Å²) >= 11 is 0. The summed E-state index contributed by atoms with van der Waals surface area (Å²) in [5, 5.41) is 14.8. The van der Waals surface area contributed by atoms with Crippen molar-refractivity contribution in [2.24, 2.45) is 11.3 Å². The lowest BCUT2D eigenvalue weighted by atomic mass is 9.83. The van der Waals surface area contributed by atoms with Gasteiger partial charge in [-0.25, -0.2) is 4.98 Å². The number of fused-ring (bicyclic) bond motifs is 1. The molecule has 1 N–H and O–H groups in total. The maximum absolute atomic E-state index is 10.5. The molecule has 0 amide bonds. The molecule has 22 heavy (non-hydrogen) atoms. The number of aromatic hydroxyl groups is 1. The van der Waals surface area contributed by atoms with Crippen LogP contribution in [0.5, 0.6) is 5.88 Å². The largest absolute Gasteiger partial charge is 0.493 e. The van der Waals surface area contributed by atoms with Crippen molar-refractivity contribution in [3.05, 3.63) is 17.1 Å². The fourth-order valence-corrected chi connectivity index (χ4v) is 3.15. The fourth-order valence-electron chi connectivity index (χ4n) is 3.15. The molecule has 0 saturated heterocycles. The summed E-state index contributed by atoms with van der Waals surface area (Å²) in [6.45, 7) is 13.0. The zero-order valence-electron chi connectivity index (χ0n) is 14.6. The summed E-state index contributed by atoms with van der Waals surface area (Å²) in [7, 11) is 0. The van der Waals surface area contributed by atoms with Crippen molar-refractivity contribution < 1.29 is 5.11 Å². The maximum Gasteiger partial charge on any atom is 0.255 e. The van der Waals surface area contributed by atoms with Crippen LogP contribution in [0.25, 0.3) is 5.78 Å². The van der Waals surface area contributed by atoms with Crippen molar-refractivity contribution >= 4 is 5.78 Å². The van der Waals surface area contributed by atoms with Crippen molar-refractivity contribution in [3.63, 3.8) is 0 Å². The highest BCUT2D eigenvalue weighted by Gasteiger charge is 2.19. The van der Waals surface area contributed by atoms with Gasteiger partial charge in [0, 0.05) is 5.56 Å². The third kappa shape index (κ3) is 3.76. The molecular formula is C17H28N4O. The smallest absolute Gasteiger partial charge is 0.255 e. The summed E-state index contributed by atoms with van der Waals surface area (Å²) in [6.07, 6.45) is 3.83. The number of hydrogen-bond acceptors (Lipinski definition) is 4. The van der Waals surface area contributed by atoms with E-state index in [1.54, 1.807) is 0 Å². The molecule has 0 saturated carbocycles. The number of rotatable bonds is 5. The second-order valence-electron chi connectivity index (χ2n) is 7.49. The summed E-state index contributed by atoms with van der Waals surface area (Å²) in [4.78, 5) is 8.81. The fraction of sp³-hybridized carbons (Fsp3) is 0.706. The maximum atomic E-state index is 10.5. The number of aryl methyl sites for hydroxylation is 2. The molecule has 122 valence electrons. The third-order valence-corrected chi connectivity index (χ3v) is 3.93. The molecule has 5 nitrogen and oxygen atoms in total. The highest BCUT2D eigenvalue weighted by molar-refractivity contribution is 5.40. The van der Waals surface area contributed by atoms with E-state index in [9.17, 15) is 5.11 Å². The highest BCUT2D eigenvalue weighted by atomic mass is 16.3. The van der Waals surface area contributed by atoms with E-state index in [-0.39, 0.29) is 5.88 Å². The minimum atomic E-state index is 0.199. The van der Waals surface area contributed by atoms with Crippen molar-refractivity contribution in [1.82, 2.24) is 19.6 Å². The van der Waals surface area contributed by atoms with E-state index in [0.717, 1.165) is 30.5 Å². The molecule has 0 aromatic carbocycles. The normalized spacial score (nSPS) is 13.7. The van der Waals surface area contributed by atoms with Crippen LogP contribution in [-0.4, -0.2) is 24.7 Å². The summed E-state index contributed by atoms with van der Waals surface area (Å²) < 4.78 is 1.46. The lowest BCUT2D eigenvalue weighted by Gasteiger charge is -2.23. The molecular weight excluding hydrogens is 276 g/mol. The monoisotopic (exact) mass is 304 g/mol. The molecule has 0 aliphatic rings. The first-order valence-electron chi connectivity index (χ1n) is 8.15. The lowest BCUT2D eigenvalue weighted by molar-refractivity contribution is 0.296. The lowest BCUT2D eigenvalue weighted by Crippen LogP contribution is -2.12. The number of hydrogen-bond donors (Lipinski definition) is 1. The molecule has 0 radical (unpaired) electrons. The number of nitrogens with zero attached hydrogens (tertiary/aromatic N) is 4. The quantitative estimate of drug-likeness (QED) is 0.914. The van der Waals surface area contributed by atoms with Crippen LogP contribution in [0.15, 0.2) is 0 Å². The molecule has 0 spiro atoms. The Morgan fingerprint density at radius 2 is 1.91 bits per heavy atom. The van der Waals surface area contributed by atoms with Gasteiger partial charge in [-0.1, -0.05) is 34.6 Å². The predicted molar refractivity (Wildman–Crippen MR) is 88.1 cm³/mol. The molecule has 1 unspecified atom stereocenters. The van der Waals surface area contributed by atoms with Crippen LogP contribution >= 0.6 is 0 Å². The van der Waals surface area contributed by atoms with Gasteiger partial charge in [0.1, 0.15) is 5.82 Å². The summed E-state index contributed by atoms with van der Waals surface area (Å²) in [5.74, 6) is 1.92. The molecule has 2 aromatic heterocycles. The zero-order valence-corrected chi connectivity index (χ0v) is 14.6. The SMILES string of the molecule is CCc1nc2nc(C)nn2c(O)c1CCC(C)CC(C)(C)C. The van der Waals surface area contributed by atoms with Crippen molar-refractivity contribution in [2.75, 3.05) is 0 Å². The Hall–Kier alpha value is -1.65. The van der Waals surface area contributed by atoms with Gasteiger partial charge in [-0.2, -0.15) is 9.50 Å². The third-order valence-electron chi connectivity index (χ3n) is 3.93. The van der Waals surface area contributed by atoms with Gasteiger partial charge in [0.2, 0.25) is 5.88 Å². The average Bonchev–Trinajstić information content (AvgIpc) is 2.76. The zero-order chi connectivity index (χ0) is 16.5. The molecule has 0 aliphatic heterocycles. The van der Waals surface area contributed by atoms with E-state index in [2.05, 4.69) is 49.7 Å². The first kappa shape index (κ1) is 16.7. The minimum Gasteiger partial charge on any atom is -0.493 e. The van der Waals surface area contributed by atoms with E-state index in [4.69, 9.17) is 0 Å². The molecule has 0 fully saturated rings. The van der Waals surface area contributed by atoms with E-state index >= 15 is 0 Å². The van der Waals surface area contributed by atoms with Gasteiger partial charge in [0.25, 0.3) is 5.78 Å². The molecule has 0 bridgehead atoms. The molecule has 0 aliphatic carbocycles. The Morgan fingerprint density at radius 3 is 2.50 bits per heavy atom. The molecule has 2 heterocycles. The van der Waals surface area contributed by atoms with Gasteiger partial charge in [-0.3, -0.25) is 0 Å². The Bertz CT molecular complexity index is 655. The Balaban J connectivity index is 2.24. The minimum absolute atomic E-state index is 0.199. The van der Waals surface area contributed by atoms with E-state index in [1.807, 2.05) is 6.92 Å². The van der Waals surface area contributed by atoms with E-state index in [0.29, 0.717) is 22.9 Å². The van der Waals surface area contributed by atoms with Crippen LogP contribution in [0.2, 0.25) is 0 Å². The molecule has 5 heteroatoms. The van der Waals surface area contributed by atoms with Gasteiger partial charge < -0.3 is 5.11 Å². The van der Waals surface area contributed by atoms with Crippen molar-refractivity contribution in [2.45, 2.75) is 67.2 Å². The van der Waals surface area contributed by atoms with Crippen LogP contribution in [0.1, 0.15) is 64.5 Å². The van der Waals surface area contributed by atoms with E-state index < -0.39 is 0 Å².